The van der Waals surface area contributed by atoms with Crippen molar-refractivity contribution in [3.63, 3.8) is 0 Å². The Morgan fingerprint density at radius 2 is 1.81 bits per heavy atom. The number of amides is 2. The summed E-state index contributed by atoms with van der Waals surface area (Å²) in [6.07, 6.45) is 0.0798. The van der Waals surface area contributed by atoms with E-state index >= 15 is 0 Å². The van der Waals surface area contributed by atoms with Gasteiger partial charge in [0.25, 0.3) is 0 Å². The highest BCUT2D eigenvalue weighted by atomic mass is 32.1. The predicted molar refractivity (Wildman–Crippen MR) is 125 cm³/mol. The first kappa shape index (κ1) is 25.5. The number of aromatic nitrogens is 4. The molecule has 2 N–H and O–H groups in total. The highest BCUT2D eigenvalue weighted by Crippen LogP contribution is 2.30. The van der Waals surface area contributed by atoms with Gasteiger partial charge in [0.05, 0.1) is 12.1 Å². The largest absolute Gasteiger partial charge is 0.573 e. The Hall–Kier alpha value is -3.61. The minimum absolute atomic E-state index is 0.0145. The number of nitrogens with one attached hydrogen (secondary N) is 2. The maximum Gasteiger partial charge on any atom is 0.573 e. The van der Waals surface area contributed by atoms with Crippen molar-refractivity contribution in [3.8, 4) is 5.75 Å². The minimum Gasteiger partial charge on any atom is -0.406 e. The molecule has 0 spiro atoms. The fourth-order valence-electron chi connectivity index (χ4n) is 3.33. The first-order valence-electron chi connectivity index (χ1n) is 11.3. The average molecular weight is 521 g/mol. The second kappa shape index (κ2) is 11.4. The summed E-state index contributed by atoms with van der Waals surface area (Å²) in [5.74, 6) is -0.437. The Bertz CT molecular complexity index is 1200. The molecule has 0 saturated heterocycles. The number of hydrogen-bond donors (Lipinski definition) is 2. The molecule has 2 heterocycles. The molecular weight excluding hydrogens is 497 g/mol. The third-order valence-electron chi connectivity index (χ3n) is 5.20. The van der Waals surface area contributed by atoms with Crippen LogP contribution in [0.4, 0.5) is 24.1 Å². The van der Waals surface area contributed by atoms with Crippen LogP contribution in [0, 0.1) is 5.92 Å². The molecule has 13 heteroatoms. The van der Waals surface area contributed by atoms with E-state index in [2.05, 4.69) is 35.8 Å². The lowest BCUT2D eigenvalue weighted by Crippen LogP contribution is -2.18. The number of carbonyl (C=O) groups excluding carboxylic acids is 2. The summed E-state index contributed by atoms with van der Waals surface area (Å²) in [4.78, 5) is 24.0. The van der Waals surface area contributed by atoms with Gasteiger partial charge in [-0.25, -0.2) is 0 Å². The van der Waals surface area contributed by atoms with Gasteiger partial charge in [-0.1, -0.05) is 23.5 Å². The maximum absolute atomic E-state index is 12.4. The summed E-state index contributed by atoms with van der Waals surface area (Å²) >= 11 is 1.38. The molecule has 190 valence electrons. The molecule has 1 fully saturated rings. The van der Waals surface area contributed by atoms with Crippen LogP contribution < -0.4 is 15.4 Å². The van der Waals surface area contributed by atoms with Crippen molar-refractivity contribution >= 4 is 34.1 Å². The average Bonchev–Trinajstić information content (AvgIpc) is 3.57. The molecule has 36 heavy (non-hydrogen) atoms. The van der Waals surface area contributed by atoms with Crippen LogP contribution in [0.25, 0.3) is 0 Å². The molecule has 4 rings (SSSR count). The number of halogens is 3. The van der Waals surface area contributed by atoms with Crippen molar-refractivity contribution in [2.24, 2.45) is 5.92 Å². The number of anilines is 2. The first-order chi connectivity index (χ1) is 17.2. The normalized spacial score (nSPS) is 13.3. The molecule has 0 radical (unpaired) electrons. The van der Waals surface area contributed by atoms with E-state index in [1.807, 2.05) is 0 Å². The number of alkyl halides is 3. The molecule has 9 nitrogen and oxygen atoms in total. The Balaban J connectivity index is 1.17. The van der Waals surface area contributed by atoms with Gasteiger partial charge < -0.3 is 15.4 Å². The number of aryl methyl sites for hydroxylation is 2. The molecule has 3 aromatic rings. The number of nitrogens with zero attached hydrogens (tertiary/aromatic N) is 4. The van der Waals surface area contributed by atoms with Crippen LogP contribution in [-0.4, -0.2) is 38.6 Å². The second-order valence-corrected chi connectivity index (χ2v) is 9.36. The van der Waals surface area contributed by atoms with Gasteiger partial charge in [-0.3, -0.25) is 9.59 Å². The van der Waals surface area contributed by atoms with E-state index in [-0.39, 0.29) is 29.8 Å². The summed E-state index contributed by atoms with van der Waals surface area (Å²) in [5.41, 5.74) is 1.13. The van der Waals surface area contributed by atoms with Gasteiger partial charge in [-0.15, -0.1) is 28.5 Å². The molecule has 0 bridgehead atoms. The summed E-state index contributed by atoms with van der Waals surface area (Å²) in [5, 5.41) is 23.0. The van der Waals surface area contributed by atoms with E-state index in [1.165, 1.54) is 29.5 Å². The summed E-state index contributed by atoms with van der Waals surface area (Å²) in [6, 6.07) is 8.63. The van der Waals surface area contributed by atoms with Crippen LogP contribution >= 0.6 is 11.3 Å². The molecule has 1 aromatic carbocycles. The zero-order valence-electron chi connectivity index (χ0n) is 19.0. The number of rotatable bonds is 11. The van der Waals surface area contributed by atoms with Gasteiger partial charge in [0.2, 0.25) is 16.9 Å². The molecule has 0 atom stereocenters. The predicted octanol–water partition coefficient (Wildman–Crippen LogP) is 4.32. The van der Waals surface area contributed by atoms with Crippen molar-refractivity contribution in [2.75, 3.05) is 10.6 Å². The monoisotopic (exact) mass is 520 g/mol. The lowest BCUT2D eigenvalue weighted by molar-refractivity contribution is -0.274. The second-order valence-electron chi connectivity index (χ2n) is 8.30. The lowest BCUT2D eigenvalue weighted by Gasteiger charge is -2.10. The Kier molecular flexibility index (Phi) is 8.08. The van der Waals surface area contributed by atoms with Gasteiger partial charge in [0.1, 0.15) is 10.8 Å². The first-order valence-corrected chi connectivity index (χ1v) is 12.2. The Labute approximate surface area is 208 Å². The smallest absolute Gasteiger partial charge is 0.406 e. The Morgan fingerprint density at radius 3 is 2.53 bits per heavy atom. The fourth-order valence-corrected chi connectivity index (χ4v) is 4.11. The SMILES string of the molecule is O=C(Cc1cccc(OC(F)(F)F)c1)Nc1ccc(CCCCc2nnc(NC(=O)C3CC3)s2)nn1. The number of unbranched alkanes of at least 4 members (excludes halogenated alkanes) is 1. The summed E-state index contributed by atoms with van der Waals surface area (Å²) in [7, 11) is 0. The lowest BCUT2D eigenvalue weighted by atomic mass is 10.1. The maximum atomic E-state index is 12.4. The van der Waals surface area contributed by atoms with E-state index in [1.54, 1.807) is 12.1 Å². The number of ether oxygens (including phenoxy) is 1. The third-order valence-corrected chi connectivity index (χ3v) is 6.10. The fraction of sp³-hybridized carbons (Fsp3) is 0.391. The zero-order valence-corrected chi connectivity index (χ0v) is 19.9. The molecular formula is C23H23F3N6O3S. The van der Waals surface area contributed by atoms with Crippen LogP contribution in [0.1, 0.15) is 41.9 Å². The van der Waals surface area contributed by atoms with Crippen molar-refractivity contribution < 1.29 is 27.5 Å². The molecule has 2 amide bonds. The van der Waals surface area contributed by atoms with E-state index in [9.17, 15) is 22.8 Å². The zero-order chi connectivity index (χ0) is 25.5. The van der Waals surface area contributed by atoms with Crippen LogP contribution in [0.3, 0.4) is 0 Å². The number of benzene rings is 1. The van der Waals surface area contributed by atoms with Crippen molar-refractivity contribution in [3.05, 3.63) is 52.7 Å². The van der Waals surface area contributed by atoms with Gasteiger partial charge in [0, 0.05) is 12.3 Å². The number of hydrogen-bond acceptors (Lipinski definition) is 8. The van der Waals surface area contributed by atoms with Gasteiger partial charge in [-0.05, 0) is 61.9 Å². The molecule has 1 saturated carbocycles. The molecule has 1 aliphatic rings. The summed E-state index contributed by atoms with van der Waals surface area (Å²) in [6.45, 7) is 0. The summed E-state index contributed by atoms with van der Waals surface area (Å²) < 4.78 is 40.9. The topological polar surface area (TPSA) is 119 Å². The van der Waals surface area contributed by atoms with Crippen LogP contribution in [0.15, 0.2) is 36.4 Å². The van der Waals surface area contributed by atoms with E-state index in [0.717, 1.165) is 48.9 Å². The van der Waals surface area contributed by atoms with Crippen LogP contribution in [-0.2, 0) is 28.9 Å². The van der Waals surface area contributed by atoms with Gasteiger partial charge in [-0.2, -0.15) is 5.10 Å². The minimum atomic E-state index is -4.80. The van der Waals surface area contributed by atoms with Crippen LogP contribution in [0.2, 0.25) is 0 Å². The van der Waals surface area contributed by atoms with E-state index in [4.69, 9.17) is 0 Å². The van der Waals surface area contributed by atoms with Gasteiger partial charge in [0.15, 0.2) is 5.82 Å². The van der Waals surface area contributed by atoms with Crippen molar-refractivity contribution in [1.82, 2.24) is 20.4 Å². The van der Waals surface area contributed by atoms with E-state index < -0.39 is 12.3 Å². The standard InChI is InChI=1S/C23H23F3N6O3S/c24-23(25,26)35-17-6-3-4-14(12-17)13-19(33)27-18-11-10-16(29-30-18)5-1-2-7-20-31-32-22(36-20)28-21(34)15-8-9-15/h3-4,6,10-12,15H,1-2,5,7-9,13H2,(H,27,30,33)(H,28,32,34). The highest BCUT2D eigenvalue weighted by molar-refractivity contribution is 7.15. The van der Waals surface area contributed by atoms with Crippen LogP contribution in [0.5, 0.6) is 5.75 Å². The third kappa shape index (κ3) is 8.26. The number of carbonyl (C=O) groups is 2. The Morgan fingerprint density at radius 1 is 1.00 bits per heavy atom. The van der Waals surface area contributed by atoms with E-state index in [0.29, 0.717) is 17.1 Å². The van der Waals surface area contributed by atoms with Gasteiger partial charge >= 0.3 is 6.36 Å². The molecule has 0 aliphatic heterocycles. The van der Waals surface area contributed by atoms with Crippen molar-refractivity contribution in [1.29, 1.82) is 0 Å². The highest BCUT2D eigenvalue weighted by Gasteiger charge is 2.31. The van der Waals surface area contributed by atoms with Crippen molar-refractivity contribution in [2.45, 2.75) is 51.3 Å². The molecule has 1 aliphatic carbocycles. The quantitative estimate of drug-likeness (QED) is 0.362. The molecule has 2 aromatic heterocycles. The molecule has 0 unspecified atom stereocenters.